The molecule has 20 heavy (non-hydrogen) atoms. The Balaban J connectivity index is 4.31. The second kappa shape index (κ2) is 9.19. The molecule has 1 atom stereocenters. The van der Waals surface area contributed by atoms with E-state index in [0.29, 0.717) is 32.4 Å². The maximum absolute atomic E-state index is 12.3. The summed E-state index contributed by atoms with van der Waals surface area (Å²) in [6, 6.07) is 2.29. The Labute approximate surface area is 120 Å². The molecular weight excluding hydrogens is 267 g/mol. The molecule has 0 radical (unpaired) electrons. The van der Waals surface area contributed by atoms with E-state index in [4.69, 9.17) is 0 Å². The molecule has 0 heterocycles. The fourth-order valence-corrected chi connectivity index (χ4v) is 2.14. The van der Waals surface area contributed by atoms with E-state index >= 15 is 0 Å². The van der Waals surface area contributed by atoms with Gasteiger partial charge in [-0.2, -0.15) is 18.4 Å². The number of rotatable bonds is 10. The first-order valence-electron chi connectivity index (χ1n) is 7.27. The lowest BCUT2D eigenvalue weighted by atomic mass is 9.91. The van der Waals surface area contributed by atoms with Gasteiger partial charge >= 0.3 is 6.18 Å². The summed E-state index contributed by atoms with van der Waals surface area (Å²) in [4.78, 5) is 1.37. The lowest BCUT2D eigenvalue weighted by molar-refractivity contribution is -0.145. The van der Waals surface area contributed by atoms with Crippen LogP contribution in [0.5, 0.6) is 0 Å². The zero-order valence-electron chi connectivity index (χ0n) is 12.7. The highest BCUT2D eigenvalue weighted by Gasteiger charge is 2.31. The fourth-order valence-electron chi connectivity index (χ4n) is 2.14. The SMILES string of the molecule is CCCNC(C#N)(CC)CCCN(CC)CC(F)(F)F. The van der Waals surface area contributed by atoms with Crippen LogP contribution in [-0.4, -0.2) is 42.8 Å². The number of hydrogen-bond acceptors (Lipinski definition) is 3. The highest BCUT2D eigenvalue weighted by Crippen LogP contribution is 2.19. The van der Waals surface area contributed by atoms with Crippen molar-refractivity contribution in [2.45, 2.75) is 58.2 Å². The fraction of sp³-hybridized carbons (Fsp3) is 0.929. The van der Waals surface area contributed by atoms with E-state index < -0.39 is 18.3 Å². The van der Waals surface area contributed by atoms with Gasteiger partial charge in [0.05, 0.1) is 12.6 Å². The van der Waals surface area contributed by atoms with Crippen LogP contribution in [0.1, 0.15) is 46.5 Å². The normalized spacial score (nSPS) is 15.1. The summed E-state index contributed by atoms with van der Waals surface area (Å²) in [5.74, 6) is 0. The molecule has 0 aliphatic rings. The molecule has 0 amide bonds. The molecule has 118 valence electrons. The monoisotopic (exact) mass is 293 g/mol. The topological polar surface area (TPSA) is 39.1 Å². The average molecular weight is 293 g/mol. The third-order valence-electron chi connectivity index (χ3n) is 3.46. The van der Waals surface area contributed by atoms with Gasteiger partial charge in [-0.05, 0) is 45.3 Å². The average Bonchev–Trinajstić information content (AvgIpc) is 2.40. The van der Waals surface area contributed by atoms with Gasteiger partial charge in [0.15, 0.2) is 0 Å². The Morgan fingerprint density at radius 2 is 1.85 bits per heavy atom. The van der Waals surface area contributed by atoms with Crippen LogP contribution in [0.2, 0.25) is 0 Å². The standard InChI is InChI=1S/C14H26F3N3/c1-4-9-19-13(5-2,11-18)8-7-10-20(6-3)12-14(15,16)17/h19H,4-10,12H2,1-3H3. The second-order valence-corrected chi connectivity index (χ2v) is 5.06. The summed E-state index contributed by atoms with van der Waals surface area (Å²) in [7, 11) is 0. The minimum absolute atomic E-state index is 0.368. The van der Waals surface area contributed by atoms with E-state index in [-0.39, 0.29) is 0 Å². The third-order valence-corrected chi connectivity index (χ3v) is 3.46. The van der Waals surface area contributed by atoms with Crippen LogP contribution in [0.4, 0.5) is 13.2 Å². The summed E-state index contributed by atoms with van der Waals surface area (Å²) < 4.78 is 37.0. The van der Waals surface area contributed by atoms with Crippen molar-refractivity contribution in [3.8, 4) is 6.07 Å². The lowest BCUT2D eigenvalue weighted by Crippen LogP contribution is -2.44. The van der Waals surface area contributed by atoms with Crippen molar-refractivity contribution >= 4 is 0 Å². The van der Waals surface area contributed by atoms with E-state index in [0.717, 1.165) is 13.0 Å². The molecule has 0 bridgehead atoms. The van der Waals surface area contributed by atoms with Gasteiger partial charge in [0.2, 0.25) is 0 Å². The Morgan fingerprint density at radius 1 is 1.20 bits per heavy atom. The molecule has 1 N–H and O–H groups in total. The molecule has 0 fully saturated rings. The van der Waals surface area contributed by atoms with Crippen molar-refractivity contribution in [2.75, 3.05) is 26.2 Å². The van der Waals surface area contributed by atoms with Crippen LogP contribution in [-0.2, 0) is 0 Å². The summed E-state index contributed by atoms with van der Waals surface area (Å²) in [5.41, 5.74) is -0.604. The van der Waals surface area contributed by atoms with E-state index in [9.17, 15) is 18.4 Å². The van der Waals surface area contributed by atoms with E-state index in [2.05, 4.69) is 11.4 Å². The first kappa shape index (κ1) is 19.2. The zero-order valence-corrected chi connectivity index (χ0v) is 12.7. The molecule has 0 saturated heterocycles. The van der Waals surface area contributed by atoms with Crippen molar-refractivity contribution in [3.63, 3.8) is 0 Å². The summed E-state index contributed by atoms with van der Waals surface area (Å²) >= 11 is 0. The number of nitriles is 1. The van der Waals surface area contributed by atoms with Gasteiger partial charge in [0, 0.05) is 0 Å². The first-order chi connectivity index (χ1) is 9.32. The highest BCUT2D eigenvalue weighted by atomic mass is 19.4. The van der Waals surface area contributed by atoms with Gasteiger partial charge in [-0.3, -0.25) is 10.2 Å². The molecule has 0 saturated carbocycles. The number of alkyl halides is 3. The van der Waals surface area contributed by atoms with Gasteiger partial charge in [-0.15, -0.1) is 0 Å². The molecule has 0 spiro atoms. The number of halogens is 3. The Morgan fingerprint density at radius 3 is 2.25 bits per heavy atom. The molecule has 0 aliphatic carbocycles. The highest BCUT2D eigenvalue weighted by molar-refractivity contribution is 5.06. The minimum atomic E-state index is -4.16. The Kier molecular flexibility index (Phi) is 8.83. The summed E-state index contributed by atoms with van der Waals surface area (Å²) in [6.45, 7) is 6.28. The van der Waals surface area contributed by atoms with Gasteiger partial charge < -0.3 is 0 Å². The molecule has 0 rings (SSSR count). The van der Waals surface area contributed by atoms with Gasteiger partial charge in [0.1, 0.15) is 5.54 Å². The van der Waals surface area contributed by atoms with Crippen LogP contribution in [0.3, 0.4) is 0 Å². The third kappa shape index (κ3) is 7.71. The lowest BCUT2D eigenvalue weighted by Gasteiger charge is -2.28. The Hall–Kier alpha value is -0.800. The molecule has 0 aromatic heterocycles. The number of nitrogens with one attached hydrogen (secondary N) is 1. The number of nitrogens with zero attached hydrogens (tertiary/aromatic N) is 2. The smallest absolute Gasteiger partial charge is 0.299 e. The van der Waals surface area contributed by atoms with Crippen molar-refractivity contribution in [1.82, 2.24) is 10.2 Å². The maximum Gasteiger partial charge on any atom is 0.401 e. The van der Waals surface area contributed by atoms with E-state index in [1.165, 1.54) is 4.90 Å². The Bertz CT molecular complexity index is 299. The maximum atomic E-state index is 12.3. The summed E-state index contributed by atoms with van der Waals surface area (Å²) in [5, 5.41) is 12.5. The minimum Gasteiger partial charge on any atom is -0.299 e. The molecule has 6 heteroatoms. The molecule has 0 aliphatic heterocycles. The van der Waals surface area contributed by atoms with E-state index in [1.807, 2.05) is 13.8 Å². The van der Waals surface area contributed by atoms with Crippen molar-refractivity contribution in [3.05, 3.63) is 0 Å². The van der Waals surface area contributed by atoms with E-state index in [1.54, 1.807) is 6.92 Å². The first-order valence-corrected chi connectivity index (χ1v) is 7.27. The van der Waals surface area contributed by atoms with Crippen LogP contribution < -0.4 is 5.32 Å². The molecule has 1 unspecified atom stereocenters. The van der Waals surface area contributed by atoms with Crippen LogP contribution in [0.15, 0.2) is 0 Å². The van der Waals surface area contributed by atoms with Crippen molar-refractivity contribution < 1.29 is 13.2 Å². The molecule has 3 nitrogen and oxygen atoms in total. The van der Waals surface area contributed by atoms with Crippen molar-refractivity contribution in [1.29, 1.82) is 5.26 Å². The number of hydrogen-bond donors (Lipinski definition) is 1. The van der Waals surface area contributed by atoms with Gasteiger partial charge in [-0.1, -0.05) is 20.8 Å². The zero-order chi connectivity index (χ0) is 15.6. The predicted molar refractivity (Wildman–Crippen MR) is 74.3 cm³/mol. The largest absolute Gasteiger partial charge is 0.401 e. The quantitative estimate of drug-likeness (QED) is 0.671. The molecule has 0 aromatic rings. The van der Waals surface area contributed by atoms with Crippen LogP contribution in [0.25, 0.3) is 0 Å². The predicted octanol–water partition coefficient (Wildman–Crippen LogP) is 3.32. The van der Waals surface area contributed by atoms with Crippen molar-refractivity contribution in [2.24, 2.45) is 0 Å². The molecule has 0 aromatic carbocycles. The summed E-state index contributed by atoms with van der Waals surface area (Å²) in [6.07, 6.45) is -1.41. The van der Waals surface area contributed by atoms with Crippen LogP contribution >= 0.6 is 0 Å². The second-order valence-electron chi connectivity index (χ2n) is 5.06. The van der Waals surface area contributed by atoms with Gasteiger partial charge in [0.25, 0.3) is 0 Å². The van der Waals surface area contributed by atoms with Crippen LogP contribution in [0, 0.1) is 11.3 Å². The van der Waals surface area contributed by atoms with Gasteiger partial charge in [-0.25, -0.2) is 0 Å². The molecular formula is C14H26F3N3.